The molecule has 1 heterocycles. The molecule has 0 spiro atoms. The molecule has 7 nitrogen and oxygen atoms in total. The molecule has 0 aliphatic carbocycles. The maximum atomic E-state index is 12.3. The molecule has 1 aromatic heterocycles. The summed E-state index contributed by atoms with van der Waals surface area (Å²) >= 11 is 5.05. The SMILES string of the molecule is Cc1ccc2[nH]c(C(=O)NC(=S)NNC(=O)COc3ccc(C(C)C)cc3)cc2c1. The van der Waals surface area contributed by atoms with Crippen molar-refractivity contribution < 1.29 is 14.3 Å². The summed E-state index contributed by atoms with van der Waals surface area (Å²) in [5.74, 6) is 0.188. The quantitative estimate of drug-likeness (QED) is 0.372. The number of carbonyl (C=O) groups excluding carboxylic acids is 2. The number of H-pyrrole nitrogens is 1. The van der Waals surface area contributed by atoms with E-state index in [0.29, 0.717) is 17.4 Å². The number of carbonyl (C=O) groups is 2. The highest BCUT2D eigenvalue weighted by Crippen LogP contribution is 2.18. The van der Waals surface area contributed by atoms with Crippen LogP contribution in [-0.2, 0) is 4.79 Å². The number of hydrogen-bond acceptors (Lipinski definition) is 4. The summed E-state index contributed by atoms with van der Waals surface area (Å²) in [7, 11) is 0. The van der Waals surface area contributed by atoms with Gasteiger partial charge < -0.3 is 9.72 Å². The summed E-state index contributed by atoms with van der Waals surface area (Å²) in [5, 5.41) is 3.42. The molecule has 3 rings (SSSR count). The topological polar surface area (TPSA) is 95.3 Å². The second-order valence-electron chi connectivity index (χ2n) is 7.24. The number of aryl methyl sites for hydroxylation is 1. The Balaban J connectivity index is 1.44. The first-order chi connectivity index (χ1) is 14.3. The number of hydrazine groups is 1. The molecular formula is C22H24N4O3S. The van der Waals surface area contributed by atoms with Gasteiger partial charge in [0.15, 0.2) is 11.7 Å². The van der Waals surface area contributed by atoms with Gasteiger partial charge in [-0.3, -0.25) is 25.8 Å². The van der Waals surface area contributed by atoms with Crippen molar-refractivity contribution in [3.05, 3.63) is 65.4 Å². The number of aromatic nitrogens is 1. The average molecular weight is 425 g/mol. The lowest BCUT2D eigenvalue weighted by atomic mass is 10.0. The summed E-state index contributed by atoms with van der Waals surface area (Å²) in [6, 6.07) is 15.2. The van der Waals surface area contributed by atoms with Crippen molar-refractivity contribution in [2.24, 2.45) is 0 Å². The molecular weight excluding hydrogens is 400 g/mol. The number of thiocarbonyl (C=S) groups is 1. The van der Waals surface area contributed by atoms with Crippen molar-refractivity contribution in [1.29, 1.82) is 0 Å². The largest absolute Gasteiger partial charge is 0.484 e. The van der Waals surface area contributed by atoms with Crippen LogP contribution in [0.2, 0.25) is 0 Å². The van der Waals surface area contributed by atoms with E-state index in [-0.39, 0.29) is 11.7 Å². The molecule has 30 heavy (non-hydrogen) atoms. The number of hydrogen-bond donors (Lipinski definition) is 4. The first kappa shape index (κ1) is 21.3. The lowest BCUT2D eigenvalue weighted by Gasteiger charge is -2.11. The maximum Gasteiger partial charge on any atom is 0.276 e. The molecule has 0 saturated heterocycles. The molecule has 156 valence electrons. The van der Waals surface area contributed by atoms with Crippen LogP contribution < -0.4 is 20.9 Å². The Morgan fingerprint density at radius 3 is 2.50 bits per heavy atom. The van der Waals surface area contributed by atoms with Crippen LogP contribution in [0.15, 0.2) is 48.5 Å². The summed E-state index contributed by atoms with van der Waals surface area (Å²) in [6.07, 6.45) is 0. The normalized spacial score (nSPS) is 10.7. The number of fused-ring (bicyclic) bond motifs is 1. The van der Waals surface area contributed by atoms with Gasteiger partial charge in [0.1, 0.15) is 11.4 Å². The Kier molecular flexibility index (Phi) is 6.68. The lowest BCUT2D eigenvalue weighted by molar-refractivity contribution is -0.123. The van der Waals surface area contributed by atoms with Gasteiger partial charge in [-0.25, -0.2) is 0 Å². The zero-order valence-corrected chi connectivity index (χ0v) is 17.9. The maximum absolute atomic E-state index is 12.3. The van der Waals surface area contributed by atoms with Crippen LogP contribution in [0.1, 0.15) is 41.4 Å². The molecule has 2 aromatic carbocycles. The molecule has 0 unspecified atom stereocenters. The van der Waals surface area contributed by atoms with E-state index in [2.05, 4.69) is 35.0 Å². The monoisotopic (exact) mass is 424 g/mol. The summed E-state index contributed by atoms with van der Waals surface area (Å²) in [6.45, 7) is 6.01. The van der Waals surface area contributed by atoms with Crippen molar-refractivity contribution in [1.82, 2.24) is 21.2 Å². The van der Waals surface area contributed by atoms with Crippen LogP contribution in [-0.4, -0.2) is 28.5 Å². The number of benzene rings is 2. The molecule has 0 fully saturated rings. The molecule has 4 N–H and O–H groups in total. The number of ether oxygens (including phenoxy) is 1. The van der Waals surface area contributed by atoms with Crippen LogP contribution in [0, 0.1) is 6.92 Å². The van der Waals surface area contributed by atoms with Gasteiger partial charge in [-0.1, -0.05) is 37.6 Å². The van der Waals surface area contributed by atoms with Gasteiger partial charge in [-0.05, 0) is 61.0 Å². The summed E-state index contributed by atoms with van der Waals surface area (Å²) < 4.78 is 5.44. The van der Waals surface area contributed by atoms with Crippen LogP contribution in [0.4, 0.5) is 0 Å². The van der Waals surface area contributed by atoms with Crippen LogP contribution in [0.5, 0.6) is 5.75 Å². The predicted octanol–water partition coefficient (Wildman–Crippen LogP) is 3.31. The van der Waals surface area contributed by atoms with Crippen LogP contribution in [0.3, 0.4) is 0 Å². The molecule has 0 saturated carbocycles. The second kappa shape index (κ2) is 9.41. The van der Waals surface area contributed by atoms with Crippen molar-refractivity contribution in [3.8, 4) is 5.75 Å². The lowest BCUT2D eigenvalue weighted by Crippen LogP contribution is -2.49. The minimum atomic E-state index is -0.430. The van der Waals surface area contributed by atoms with Gasteiger partial charge in [0.25, 0.3) is 11.8 Å². The van der Waals surface area contributed by atoms with Crippen LogP contribution in [0.25, 0.3) is 10.9 Å². The van der Waals surface area contributed by atoms with E-state index in [1.165, 1.54) is 5.56 Å². The Morgan fingerprint density at radius 1 is 1.07 bits per heavy atom. The van der Waals surface area contributed by atoms with E-state index in [1.54, 1.807) is 6.07 Å². The first-order valence-electron chi connectivity index (χ1n) is 9.54. The van der Waals surface area contributed by atoms with Gasteiger partial charge in [-0.15, -0.1) is 0 Å². The molecule has 0 aliphatic rings. The smallest absolute Gasteiger partial charge is 0.276 e. The van der Waals surface area contributed by atoms with Crippen molar-refractivity contribution in [2.75, 3.05) is 6.61 Å². The van der Waals surface area contributed by atoms with Gasteiger partial charge in [0.05, 0.1) is 0 Å². The fourth-order valence-corrected chi connectivity index (χ4v) is 2.98. The minimum Gasteiger partial charge on any atom is -0.484 e. The fourth-order valence-electron chi connectivity index (χ4n) is 2.84. The van der Waals surface area contributed by atoms with E-state index in [0.717, 1.165) is 16.5 Å². The van der Waals surface area contributed by atoms with Gasteiger partial charge in [0.2, 0.25) is 0 Å². The van der Waals surface area contributed by atoms with Crippen LogP contribution >= 0.6 is 12.2 Å². The Labute approximate surface area is 180 Å². The third-order valence-corrected chi connectivity index (χ3v) is 4.68. The third kappa shape index (κ3) is 5.57. The Morgan fingerprint density at radius 2 is 1.80 bits per heavy atom. The van der Waals surface area contributed by atoms with E-state index in [9.17, 15) is 9.59 Å². The molecule has 2 amide bonds. The highest BCUT2D eigenvalue weighted by Gasteiger charge is 2.12. The molecule has 0 atom stereocenters. The zero-order valence-electron chi connectivity index (χ0n) is 17.0. The van der Waals surface area contributed by atoms with E-state index >= 15 is 0 Å². The summed E-state index contributed by atoms with van der Waals surface area (Å²) in [4.78, 5) is 27.3. The molecule has 0 radical (unpaired) electrons. The second-order valence-corrected chi connectivity index (χ2v) is 7.65. The Bertz CT molecular complexity index is 1070. The molecule has 3 aromatic rings. The van der Waals surface area contributed by atoms with Crippen molar-refractivity contribution in [3.63, 3.8) is 0 Å². The highest BCUT2D eigenvalue weighted by molar-refractivity contribution is 7.80. The average Bonchev–Trinajstić information content (AvgIpc) is 3.14. The van der Waals surface area contributed by atoms with Gasteiger partial charge in [0, 0.05) is 10.9 Å². The standard InChI is InChI=1S/C22H24N4O3S/c1-13(2)15-5-7-17(8-6-15)29-12-20(27)25-26-22(30)24-21(28)19-11-16-10-14(3)4-9-18(16)23-19/h4-11,13,23H,12H2,1-3H3,(H,25,27)(H2,24,26,28,30). The van der Waals surface area contributed by atoms with Gasteiger partial charge >= 0.3 is 0 Å². The number of rotatable bonds is 5. The number of amides is 2. The summed E-state index contributed by atoms with van der Waals surface area (Å²) in [5.41, 5.74) is 8.41. The van der Waals surface area contributed by atoms with Gasteiger partial charge in [-0.2, -0.15) is 0 Å². The van der Waals surface area contributed by atoms with E-state index in [1.807, 2.05) is 49.4 Å². The zero-order chi connectivity index (χ0) is 21.7. The highest BCUT2D eigenvalue weighted by atomic mass is 32.1. The Hall–Kier alpha value is -3.39. The number of nitrogens with one attached hydrogen (secondary N) is 4. The number of aromatic amines is 1. The molecule has 8 heteroatoms. The molecule has 0 aliphatic heterocycles. The minimum absolute atomic E-state index is 0.0236. The third-order valence-electron chi connectivity index (χ3n) is 4.48. The molecule has 0 bridgehead atoms. The fraction of sp³-hybridized carbons (Fsp3) is 0.227. The first-order valence-corrected chi connectivity index (χ1v) is 9.95. The van der Waals surface area contributed by atoms with Crippen molar-refractivity contribution >= 4 is 40.0 Å². The van der Waals surface area contributed by atoms with E-state index < -0.39 is 11.8 Å². The van der Waals surface area contributed by atoms with Crippen molar-refractivity contribution in [2.45, 2.75) is 26.7 Å². The predicted molar refractivity (Wildman–Crippen MR) is 120 cm³/mol. The van der Waals surface area contributed by atoms with E-state index in [4.69, 9.17) is 17.0 Å².